The van der Waals surface area contributed by atoms with Gasteiger partial charge >= 0.3 is 5.97 Å². The number of aliphatic hydroxyl groups excluding tert-OH is 2. The number of carbonyl (C=O) groups excluding carboxylic acids is 3. The molecule has 5 unspecified atom stereocenters. The van der Waals surface area contributed by atoms with Crippen molar-refractivity contribution in [3.63, 3.8) is 0 Å². The fourth-order valence-corrected chi connectivity index (χ4v) is 1.84. The molecular weight excluding hydrogens is 348 g/mol. The highest BCUT2D eigenvalue weighted by Gasteiger charge is 2.28. The summed E-state index contributed by atoms with van der Waals surface area (Å²) in [5, 5.41) is 33.5. The molecule has 0 bridgehead atoms. The molecule has 0 saturated heterocycles. The minimum atomic E-state index is -1.51. The van der Waals surface area contributed by atoms with Crippen LogP contribution in [0.1, 0.15) is 27.2 Å². The Hall–Kier alpha value is -2.24. The summed E-state index contributed by atoms with van der Waals surface area (Å²) in [6.45, 7) is 3.37. The second-order valence-electron chi connectivity index (χ2n) is 5.97. The fraction of sp³-hybridized carbons (Fsp3) is 0.733. The fourth-order valence-electron chi connectivity index (χ4n) is 1.84. The van der Waals surface area contributed by atoms with Gasteiger partial charge in [0.2, 0.25) is 17.7 Å². The van der Waals surface area contributed by atoms with Gasteiger partial charge in [0.15, 0.2) is 0 Å². The molecule has 26 heavy (non-hydrogen) atoms. The summed E-state index contributed by atoms with van der Waals surface area (Å²) >= 11 is 0. The van der Waals surface area contributed by atoms with Crippen LogP contribution in [0.15, 0.2) is 0 Å². The van der Waals surface area contributed by atoms with Crippen LogP contribution < -0.4 is 21.7 Å². The van der Waals surface area contributed by atoms with Crippen LogP contribution in [0.5, 0.6) is 0 Å². The van der Waals surface area contributed by atoms with Crippen LogP contribution in [0.4, 0.5) is 0 Å². The normalized spacial score (nSPS) is 16.5. The molecule has 0 aromatic heterocycles. The van der Waals surface area contributed by atoms with Crippen LogP contribution in [-0.2, 0) is 19.2 Å². The van der Waals surface area contributed by atoms with E-state index >= 15 is 0 Å². The first-order valence-corrected chi connectivity index (χ1v) is 8.20. The van der Waals surface area contributed by atoms with Crippen molar-refractivity contribution in [2.45, 2.75) is 51.4 Å². The number of nitrogens with two attached hydrogens (primary N) is 1. The van der Waals surface area contributed by atoms with Crippen LogP contribution in [-0.4, -0.2) is 76.4 Å². The molecule has 11 nitrogen and oxygen atoms in total. The molecule has 0 aliphatic carbocycles. The number of hydrogen-bond acceptors (Lipinski definition) is 7. The van der Waals surface area contributed by atoms with Crippen molar-refractivity contribution in [3.8, 4) is 0 Å². The Morgan fingerprint density at radius 2 is 1.38 bits per heavy atom. The average Bonchev–Trinajstić information content (AvgIpc) is 2.61. The number of carboxylic acids is 1. The van der Waals surface area contributed by atoms with Gasteiger partial charge in [-0.25, -0.2) is 4.79 Å². The van der Waals surface area contributed by atoms with E-state index in [-0.39, 0.29) is 5.92 Å². The number of aliphatic carboxylic acids is 1. The van der Waals surface area contributed by atoms with Crippen molar-refractivity contribution in [1.82, 2.24) is 16.0 Å². The maximum absolute atomic E-state index is 12.1. The first-order valence-electron chi connectivity index (χ1n) is 8.20. The third kappa shape index (κ3) is 7.33. The monoisotopic (exact) mass is 376 g/mol. The molecule has 150 valence electrons. The molecule has 0 radical (unpaired) electrons. The number of carboxylic acid groups (broad SMARTS) is 1. The number of aliphatic hydroxyl groups is 2. The van der Waals surface area contributed by atoms with Crippen molar-refractivity contribution in [2.24, 2.45) is 11.7 Å². The summed E-state index contributed by atoms with van der Waals surface area (Å²) in [4.78, 5) is 46.7. The molecule has 0 fully saturated rings. The van der Waals surface area contributed by atoms with E-state index in [1.54, 1.807) is 6.92 Å². The van der Waals surface area contributed by atoms with E-state index in [0.717, 1.165) is 0 Å². The van der Waals surface area contributed by atoms with Gasteiger partial charge in [0, 0.05) is 0 Å². The first kappa shape index (κ1) is 23.8. The molecule has 0 saturated carbocycles. The molecule has 3 amide bonds. The molecule has 0 spiro atoms. The summed E-state index contributed by atoms with van der Waals surface area (Å²) in [5.74, 6) is -3.86. The maximum Gasteiger partial charge on any atom is 0.328 e. The lowest BCUT2D eigenvalue weighted by atomic mass is 9.99. The summed E-state index contributed by atoms with van der Waals surface area (Å²) in [6, 6.07) is -4.85. The SMILES string of the molecule is CCC(C)C(N)C(=O)NC(CO)C(=O)NC(C)C(=O)NC(CO)C(=O)O. The predicted molar refractivity (Wildman–Crippen MR) is 90.7 cm³/mol. The second-order valence-corrected chi connectivity index (χ2v) is 5.97. The molecule has 0 aromatic carbocycles. The Morgan fingerprint density at radius 1 is 0.885 bits per heavy atom. The van der Waals surface area contributed by atoms with Crippen molar-refractivity contribution in [2.75, 3.05) is 13.2 Å². The van der Waals surface area contributed by atoms with E-state index in [1.807, 2.05) is 12.2 Å². The van der Waals surface area contributed by atoms with Crippen LogP contribution in [0.25, 0.3) is 0 Å². The number of nitrogens with one attached hydrogen (secondary N) is 3. The van der Waals surface area contributed by atoms with Crippen LogP contribution in [0.2, 0.25) is 0 Å². The standard InChI is InChI=1S/C15H28N4O7/c1-4-7(2)11(16)14(24)18-9(5-20)13(23)17-8(3)12(22)19-10(6-21)15(25)26/h7-11,20-21H,4-6,16H2,1-3H3,(H,17,23)(H,18,24)(H,19,22)(H,25,26). The lowest BCUT2D eigenvalue weighted by molar-refractivity contribution is -0.143. The van der Waals surface area contributed by atoms with Crippen molar-refractivity contribution >= 4 is 23.7 Å². The number of amides is 3. The maximum atomic E-state index is 12.1. The van der Waals surface area contributed by atoms with Gasteiger partial charge in [0.05, 0.1) is 19.3 Å². The summed E-state index contributed by atoms with van der Waals surface area (Å²) < 4.78 is 0. The van der Waals surface area contributed by atoms with E-state index in [1.165, 1.54) is 6.92 Å². The van der Waals surface area contributed by atoms with Crippen LogP contribution in [0, 0.1) is 5.92 Å². The minimum Gasteiger partial charge on any atom is -0.480 e. The van der Waals surface area contributed by atoms with E-state index < -0.39 is 61.1 Å². The van der Waals surface area contributed by atoms with E-state index in [9.17, 15) is 24.3 Å². The van der Waals surface area contributed by atoms with Gasteiger partial charge in [-0.1, -0.05) is 20.3 Å². The summed E-state index contributed by atoms with van der Waals surface area (Å²) in [7, 11) is 0. The Bertz CT molecular complexity index is 514. The summed E-state index contributed by atoms with van der Waals surface area (Å²) in [6.07, 6.45) is 0.650. The summed E-state index contributed by atoms with van der Waals surface area (Å²) in [5.41, 5.74) is 5.75. The Kier molecular flexibility index (Phi) is 10.4. The van der Waals surface area contributed by atoms with Crippen molar-refractivity contribution in [3.05, 3.63) is 0 Å². The van der Waals surface area contributed by atoms with Gasteiger partial charge in [0.1, 0.15) is 18.1 Å². The highest BCUT2D eigenvalue weighted by atomic mass is 16.4. The molecular formula is C15H28N4O7. The highest BCUT2D eigenvalue weighted by Crippen LogP contribution is 2.05. The zero-order chi connectivity index (χ0) is 20.4. The minimum absolute atomic E-state index is 0.131. The first-order chi connectivity index (χ1) is 12.1. The molecule has 0 aliphatic rings. The third-order valence-electron chi connectivity index (χ3n) is 3.92. The third-order valence-corrected chi connectivity index (χ3v) is 3.92. The molecule has 0 aromatic rings. The lowest BCUT2D eigenvalue weighted by Crippen LogP contribution is -2.58. The molecule has 8 N–H and O–H groups in total. The molecule has 5 atom stereocenters. The van der Waals surface area contributed by atoms with Crippen LogP contribution in [0.3, 0.4) is 0 Å². The predicted octanol–water partition coefficient (Wildman–Crippen LogP) is -3.10. The van der Waals surface area contributed by atoms with Gasteiger partial charge in [-0.15, -0.1) is 0 Å². The average molecular weight is 376 g/mol. The second kappa shape index (κ2) is 11.4. The number of carbonyl (C=O) groups is 4. The van der Waals surface area contributed by atoms with Gasteiger partial charge in [-0.05, 0) is 12.8 Å². The largest absolute Gasteiger partial charge is 0.480 e. The lowest BCUT2D eigenvalue weighted by Gasteiger charge is -2.23. The van der Waals surface area contributed by atoms with Crippen molar-refractivity contribution in [1.29, 1.82) is 0 Å². The van der Waals surface area contributed by atoms with Crippen molar-refractivity contribution < 1.29 is 34.5 Å². The Balaban J connectivity index is 4.76. The zero-order valence-corrected chi connectivity index (χ0v) is 15.1. The van der Waals surface area contributed by atoms with Gasteiger partial charge in [-0.2, -0.15) is 0 Å². The topological polar surface area (TPSA) is 191 Å². The molecule has 0 aliphatic heterocycles. The van der Waals surface area contributed by atoms with Gasteiger partial charge < -0.3 is 37.0 Å². The van der Waals surface area contributed by atoms with Crippen LogP contribution >= 0.6 is 0 Å². The molecule has 0 heterocycles. The van der Waals surface area contributed by atoms with E-state index in [4.69, 9.17) is 15.9 Å². The van der Waals surface area contributed by atoms with Gasteiger partial charge in [-0.3, -0.25) is 14.4 Å². The Labute approximate surface area is 151 Å². The van der Waals surface area contributed by atoms with E-state index in [0.29, 0.717) is 6.42 Å². The zero-order valence-electron chi connectivity index (χ0n) is 15.1. The molecule has 11 heteroatoms. The number of rotatable bonds is 11. The highest BCUT2D eigenvalue weighted by molar-refractivity contribution is 5.94. The smallest absolute Gasteiger partial charge is 0.328 e. The number of hydrogen-bond donors (Lipinski definition) is 7. The Morgan fingerprint density at radius 3 is 1.81 bits per heavy atom. The van der Waals surface area contributed by atoms with Gasteiger partial charge in [0.25, 0.3) is 0 Å². The van der Waals surface area contributed by atoms with E-state index in [2.05, 4.69) is 10.6 Å². The molecule has 0 rings (SSSR count). The quantitative estimate of drug-likeness (QED) is 0.197.